The molecule has 0 saturated heterocycles. The molecule has 0 radical (unpaired) electrons. The Labute approximate surface area is 162 Å². The highest BCUT2D eigenvalue weighted by molar-refractivity contribution is 7.99. The van der Waals surface area contributed by atoms with E-state index < -0.39 is 17.6 Å². The van der Waals surface area contributed by atoms with Crippen molar-refractivity contribution in [3.63, 3.8) is 0 Å². The van der Waals surface area contributed by atoms with Gasteiger partial charge in [-0.25, -0.2) is 4.98 Å². The summed E-state index contributed by atoms with van der Waals surface area (Å²) in [5.41, 5.74) is -0.948. The van der Waals surface area contributed by atoms with Crippen LogP contribution in [0.25, 0.3) is 0 Å². The van der Waals surface area contributed by atoms with Crippen LogP contribution in [0.1, 0.15) is 24.6 Å². The summed E-state index contributed by atoms with van der Waals surface area (Å²) in [6.45, 7) is 2.05. The molecule has 1 amide bonds. The molecule has 0 bridgehead atoms. The second-order valence-electron chi connectivity index (χ2n) is 5.47. The van der Waals surface area contributed by atoms with Crippen LogP contribution in [0, 0.1) is 0 Å². The van der Waals surface area contributed by atoms with Gasteiger partial charge in [-0.3, -0.25) is 9.59 Å². The first-order valence-corrected chi connectivity index (χ1v) is 10.2. The van der Waals surface area contributed by atoms with Gasteiger partial charge in [0.2, 0.25) is 5.91 Å². The van der Waals surface area contributed by atoms with E-state index in [1.807, 2.05) is 0 Å². The molecule has 2 N–H and O–H groups in total. The first kappa shape index (κ1) is 21.4. The molecule has 0 aliphatic rings. The van der Waals surface area contributed by atoms with Crippen LogP contribution in [0.2, 0.25) is 0 Å². The van der Waals surface area contributed by atoms with Crippen LogP contribution in [0.15, 0.2) is 40.3 Å². The average Bonchev–Trinajstić information content (AvgIpc) is 2.59. The standard InChI is InChI=1S/C17H18F3N3O2S2/c1-2-7-26-9-11-8-14(24)23-16(21-11)27-10-15(25)22-13-6-4-3-5-12(13)17(18,19)20/h3-6,8H,2,7,9-10H2,1H3,(H,22,25)(H,21,23,24). The van der Waals surface area contributed by atoms with Crippen LogP contribution >= 0.6 is 23.5 Å². The van der Waals surface area contributed by atoms with Crippen molar-refractivity contribution in [2.45, 2.75) is 30.4 Å². The van der Waals surface area contributed by atoms with Gasteiger partial charge in [-0.15, -0.1) is 0 Å². The first-order chi connectivity index (χ1) is 12.8. The molecule has 0 spiro atoms. The number of nitrogens with zero attached hydrogens (tertiary/aromatic N) is 1. The number of alkyl halides is 3. The van der Waals surface area contributed by atoms with Crippen LogP contribution in [-0.2, 0) is 16.7 Å². The summed E-state index contributed by atoms with van der Waals surface area (Å²) in [4.78, 5) is 30.5. The molecule has 0 unspecified atom stereocenters. The highest BCUT2D eigenvalue weighted by Crippen LogP contribution is 2.34. The summed E-state index contributed by atoms with van der Waals surface area (Å²) < 4.78 is 38.9. The van der Waals surface area contributed by atoms with E-state index in [-0.39, 0.29) is 22.2 Å². The lowest BCUT2D eigenvalue weighted by Crippen LogP contribution is -2.18. The van der Waals surface area contributed by atoms with Gasteiger partial charge in [0.1, 0.15) is 0 Å². The Balaban J connectivity index is 1.99. The van der Waals surface area contributed by atoms with Crippen LogP contribution in [0.4, 0.5) is 18.9 Å². The third kappa shape index (κ3) is 6.94. The molecule has 5 nitrogen and oxygen atoms in total. The fourth-order valence-electron chi connectivity index (χ4n) is 2.11. The Kier molecular flexibility index (Phi) is 7.78. The molecule has 1 aromatic heterocycles. The number of anilines is 1. The molecule has 2 aromatic rings. The molecule has 0 aliphatic carbocycles. The monoisotopic (exact) mass is 417 g/mol. The fraction of sp³-hybridized carbons (Fsp3) is 0.353. The Morgan fingerprint density at radius 1 is 1.30 bits per heavy atom. The molecule has 1 heterocycles. The zero-order chi connectivity index (χ0) is 19.9. The third-order valence-electron chi connectivity index (χ3n) is 3.22. The van der Waals surface area contributed by atoms with Crippen LogP contribution < -0.4 is 10.9 Å². The number of hydrogen-bond acceptors (Lipinski definition) is 5. The van der Waals surface area contributed by atoms with Gasteiger partial charge in [0.15, 0.2) is 5.16 Å². The SMILES string of the molecule is CCCSCc1cc(=O)[nH]c(SCC(=O)Nc2ccccc2C(F)(F)F)n1. The molecule has 2 rings (SSSR count). The Morgan fingerprint density at radius 2 is 2.04 bits per heavy atom. The van der Waals surface area contributed by atoms with Gasteiger partial charge in [-0.2, -0.15) is 24.9 Å². The molecule has 0 aliphatic heterocycles. The molecule has 0 fully saturated rings. The smallest absolute Gasteiger partial charge is 0.325 e. The quantitative estimate of drug-likeness (QED) is 0.383. The van der Waals surface area contributed by atoms with E-state index in [1.54, 1.807) is 11.8 Å². The number of benzene rings is 1. The Hall–Kier alpha value is -1.94. The van der Waals surface area contributed by atoms with Gasteiger partial charge in [0, 0.05) is 11.8 Å². The lowest BCUT2D eigenvalue weighted by molar-refractivity contribution is -0.137. The number of thioether (sulfide) groups is 2. The lowest BCUT2D eigenvalue weighted by atomic mass is 10.1. The van der Waals surface area contributed by atoms with Crippen molar-refractivity contribution in [1.82, 2.24) is 9.97 Å². The Morgan fingerprint density at radius 3 is 2.74 bits per heavy atom. The maximum absolute atomic E-state index is 13.0. The number of carbonyl (C=O) groups excluding carboxylic acids is 1. The van der Waals surface area contributed by atoms with E-state index in [4.69, 9.17) is 0 Å². The van der Waals surface area contributed by atoms with Gasteiger partial charge in [0.05, 0.1) is 22.7 Å². The number of aromatic amines is 1. The van der Waals surface area contributed by atoms with Crippen LogP contribution in [0.3, 0.4) is 0 Å². The summed E-state index contributed by atoms with van der Waals surface area (Å²) in [5.74, 6) is 0.722. The number of para-hydroxylation sites is 1. The van der Waals surface area contributed by atoms with Gasteiger partial charge < -0.3 is 10.3 Å². The zero-order valence-corrected chi connectivity index (χ0v) is 16.1. The van der Waals surface area contributed by atoms with Crippen molar-refractivity contribution in [3.8, 4) is 0 Å². The van der Waals surface area contributed by atoms with E-state index in [1.165, 1.54) is 24.3 Å². The van der Waals surface area contributed by atoms with E-state index >= 15 is 0 Å². The first-order valence-electron chi connectivity index (χ1n) is 8.06. The Bertz CT molecular complexity index is 841. The van der Waals surface area contributed by atoms with E-state index in [0.717, 1.165) is 30.0 Å². The average molecular weight is 417 g/mol. The summed E-state index contributed by atoms with van der Waals surface area (Å²) in [5, 5.41) is 2.51. The summed E-state index contributed by atoms with van der Waals surface area (Å²) in [6, 6.07) is 6.15. The maximum Gasteiger partial charge on any atom is 0.418 e. The highest BCUT2D eigenvalue weighted by Gasteiger charge is 2.33. The van der Waals surface area contributed by atoms with E-state index in [2.05, 4.69) is 22.2 Å². The second kappa shape index (κ2) is 9.84. The van der Waals surface area contributed by atoms with Crippen molar-refractivity contribution >= 4 is 35.1 Å². The molecule has 146 valence electrons. The minimum Gasteiger partial charge on any atom is -0.325 e. The largest absolute Gasteiger partial charge is 0.418 e. The summed E-state index contributed by atoms with van der Waals surface area (Å²) >= 11 is 2.60. The highest BCUT2D eigenvalue weighted by atomic mass is 32.2. The summed E-state index contributed by atoms with van der Waals surface area (Å²) in [6.07, 6.45) is -3.55. The molecule has 27 heavy (non-hydrogen) atoms. The minimum atomic E-state index is -4.56. The van der Waals surface area contributed by atoms with Crippen molar-refractivity contribution in [2.24, 2.45) is 0 Å². The lowest BCUT2D eigenvalue weighted by Gasteiger charge is -2.13. The van der Waals surface area contributed by atoms with Crippen LogP contribution in [-0.4, -0.2) is 27.4 Å². The van der Waals surface area contributed by atoms with Crippen LogP contribution in [0.5, 0.6) is 0 Å². The fourth-order valence-corrected chi connectivity index (χ4v) is 3.59. The van der Waals surface area contributed by atoms with Crippen molar-refractivity contribution in [1.29, 1.82) is 0 Å². The number of halogens is 3. The van der Waals surface area contributed by atoms with Gasteiger partial charge in [0.25, 0.3) is 5.56 Å². The minimum absolute atomic E-state index is 0.180. The topological polar surface area (TPSA) is 74.8 Å². The van der Waals surface area contributed by atoms with Crippen molar-refractivity contribution < 1.29 is 18.0 Å². The maximum atomic E-state index is 13.0. The van der Waals surface area contributed by atoms with Gasteiger partial charge >= 0.3 is 6.18 Å². The van der Waals surface area contributed by atoms with Crippen molar-refractivity contribution in [3.05, 3.63) is 51.9 Å². The predicted octanol–water partition coefficient (Wildman–Crippen LogP) is 4.16. The number of nitrogens with one attached hydrogen (secondary N) is 2. The number of hydrogen-bond donors (Lipinski definition) is 2. The predicted molar refractivity (Wildman–Crippen MR) is 102 cm³/mol. The summed E-state index contributed by atoms with van der Waals surface area (Å²) in [7, 11) is 0. The second-order valence-corrected chi connectivity index (χ2v) is 7.54. The molecule has 1 aromatic carbocycles. The molecule has 0 saturated carbocycles. The van der Waals surface area contributed by atoms with Gasteiger partial charge in [-0.1, -0.05) is 30.8 Å². The number of carbonyl (C=O) groups is 1. The van der Waals surface area contributed by atoms with E-state index in [0.29, 0.717) is 11.4 Å². The molecular formula is C17H18F3N3O2S2. The third-order valence-corrected chi connectivity index (χ3v) is 5.29. The zero-order valence-electron chi connectivity index (χ0n) is 14.4. The van der Waals surface area contributed by atoms with Gasteiger partial charge in [-0.05, 0) is 24.3 Å². The normalized spacial score (nSPS) is 11.4. The molecular weight excluding hydrogens is 399 g/mol. The van der Waals surface area contributed by atoms with E-state index in [9.17, 15) is 22.8 Å². The number of aromatic nitrogens is 2. The number of amides is 1. The van der Waals surface area contributed by atoms with Crippen molar-refractivity contribution in [2.75, 3.05) is 16.8 Å². The molecule has 10 heteroatoms. The number of rotatable bonds is 8. The number of H-pyrrole nitrogens is 1. The molecule has 0 atom stereocenters.